The molecule has 134 valence electrons. The summed E-state index contributed by atoms with van der Waals surface area (Å²) in [5, 5.41) is 19.9. The summed E-state index contributed by atoms with van der Waals surface area (Å²) in [6, 6.07) is 0. The van der Waals surface area contributed by atoms with Crippen LogP contribution in [0.2, 0.25) is 0 Å². The highest BCUT2D eigenvalue weighted by Crippen LogP contribution is 2.51. The molecule has 3 fully saturated rings. The second-order valence-electron chi connectivity index (χ2n) is 6.24. The van der Waals surface area contributed by atoms with Crippen LogP contribution in [-0.2, 0) is 28.4 Å². The van der Waals surface area contributed by atoms with Gasteiger partial charge in [-0.05, 0) is 12.8 Å². The highest BCUT2D eigenvalue weighted by molar-refractivity contribution is 5.04. The van der Waals surface area contributed by atoms with E-state index in [1.54, 1.807) is 14.2 Å². The Balaban J connectivity index is 1.92. The Morgan fingerprint density at radius 3 is 2.30 bits per heavy atom. The quantitative estimate of drug-likeness (QED) is 0.680. The first-order valence-electron chi connectivity index (χ1n) is 7.99. The van der Waals surface area contributed by atoms with Crippen LogP contribution in [0.15, 0.2) is 0 Å². The number of hydrogen-bond donors (Lipinski definition) is 2. The fraction of sp³-hybridized carbons (Fsp3) is 1.00. The van der Waals surface area contributed by atoms with E-state index < -0.39 is 42.3 Å². The summed E-state index contributed by atoms with van der Waals surface area (Å²) in [4.78, 5) is 0. The molecular weight excluding hydrogens is 308 g/mol. The summed E-state index contributed by atoms with van der Waals surface area (Å²) in [6.45, 7) is -0.333. The average Bonchev–Trinajstić information content (AvgIpc) is 2.97. The smallest absolute Gasteiger partial charge is 0.224 e. The zero-order valence-electron chi connectivity index (χ0n) is 13.8. The molecule has 1 aliphatic carbocycles. The molecule has 2 saturated heterocycles. The van der Waals surface area contributed by atoms with Gasteiger partial charge in [-0.15, -0.1) is 0 Å². The molecule has 8 nitrogen and oxygen atoms in total. The van der Waals surface area contributed by atoms with Gasteiger partial charge >= 0.3 is 0 Å². The van der Waals surface area contributed by atoms with Crippen LogP contribution in [0, 0.1) is 0 Å². The van der Waals surface area contributed by atoms with Crippen molar-refractivity contribution >= 4 is 0 Å². The maximum atomic E-state index is 10.5. The van der Waals surface area contributed by atoms with E-state index in [9.17, 15) is 10.2 Å². The second kappa shape index (κ2) is 6.53. The van der Waals surface area contributed by atoms with Crippen LogP contribution in [0.5, 0.6) is 0 Å². The number of rotatable bonds is 4. The van der Waals surface area contributed by atoms with Crippen LogP contribution in [0.4, 0.5) is 0 Å². The highest BCUT2D eigenvalue weighted by Gasteiger charge is 2.67. The number of aliphatic hydroxyl groups is 2. The Hall–Kier alpha value is -0.320. The van der Waals surface area contributed by atoms with Gasteiger partial charge in [0.15, 0.2) is 6.29 Å². The molecule has 23 heavy (non-hydrogen) atoms. The molecule has 0 amide bonds. The molecule has 8 heteroatoms. The minimum atomic E-state index is -1.13. The zero-order valence-corrected chi connectivity index (χ0v) is 13.8. The van der Waals surface area contributed by atoms with Crippen molar-refractivity contribution in [3.8, 4) is 0 Å². The third-order valence-electron chi connectivity index (χ3n) is 5.19. The molecule has 0 aromatic carbocycles. The maximum Gasteiger partial charge on any atom is 0.224 e. The van der Waals surface area contributed by atoms with Gasteiger partial charge in [0, 0.05) is 34.2 Å². The molecule has 0 aromatic heterocycles. The first-order valence-corrected chi connectivity index (χ1v) is 7.99. The molecule has 3 rings (SSSR count). The monoisotopic (exact) mass is 334 g/mol. The molecule has 0 radical (unpaired) electrons. The lowest BCUT2D eigenvalue weighted by molar-refractivity contribution is -0.390. The van der Waals surface area contributed by atoms with Gasteiger partial charge < -0.3 is 38.6 Å². The van der Waals surface area contributed by atoms with Gasteiger partial charge in [0.1, 0.15) is 24.4 Å². The first-order chi connectivity index (χ1) is 11.1. The molecular formula is C15H26O8. The maximum absolute atomic E-state index is 10.5. The fourth-order valence-electron chi connectivity index (χ4n) is 3.95. The fourth-order valence-corrected chi connectivity index (χ4v) is 3.95. The number of hydrogen-bond acceptors (Lipinski definition) is 8. The summed E-state index contributed by atoms with van der Waals surface area (Å²) >= 11 is 0. The van der Waals surface area contributed by atoms with Crippen LogP contribution in [0.25, 0.3) is 0 Å². The predicted molar refractivity (Wildman–Crippen MR) is 76.5 cm³/mol. The molecule has 0 unspecified atom stereocenters. The number of aliphatic hydroxyl groups excluding tert-OH is 2. The summed E-state index contributed by atoms with van der Waals surface area (Å²) in [5.41, 5.74) is 0. The Morgan fingerprint density at radius 2 is 1.70 bits per heavy atom. The van der Waals surface area contributed by atoms with Gasteiger partial charge in [0.2, 0.25) is 11.6 Å². The zero-order chi connectivity index (χ0) is 16.7. The molecule has 2 heterocycles. The number of ether oxygens (including phenoxy) is 6. The first kappa shape index (κ1) is 17.5. The summed E-state index contributed by atoms with van der Waals surface area (Å²) in [5.74, 6) is -2.18. The van der Waals surface area contributed by atoms with E-state index in [0.29, 0.717) is 12.8 Å². The SMILES string of the molecule is CO[C@H]1O[C@H](CO)[C@@H](O)[C@@H]2O[C@]3(CCCCC3(OC)OC)O[C@H]12. The molecule has 6 atom stereocenters. The lowest BCUT2D eigenvalue weighted by atomic mass is 9.87. The number of fused-ring (bicyclic) bond motifs is 1. The molecule has 2 N–H and O–H groups in total. The largest absolute Gasteiger partial charge is 0.394 e. The van der Waals surface area contributed by atoms with E-state index in [1.165, 1.54) is 7.11 Å². The van der Waals surface area contributed by atoms with E-state index in [2.05, 4.69) is 0 Å². The van der Waals surface area contributed by atoms with Crippen molar-refractivity contribution in [1.29, 1.82) is 0 Å². The van der Waals surface area contributed by atoms with Gasteiger partial charge in [0.05, 0.1) is 6.61 Å². The van der Waals surface area contributed by atoms with Gasteiger partial charge in [-0.25, -0.2) is 0 Å². The van der Waals surface area contributed by atoms with Crippen LogP contribution >= 0.6 is 0 Å². The van der Waals surface area contributed by atoms with Crippen molar-refractivity contribution in [2.45, 2.75) is 68.0 Å². The third kappa shape index (κ3) is 2.52. The van der Waals surface area contributed by atoms with Crippen molar-refractivity contribution in [2.24, 2.45) is 0 Å². The third-order valence-corrected chi connectivity index (χ3v) is 5.19. The normalized spacial score (nSPS) is 46.0. The van der Waals surface area contributed by atoms with Crippen LogP contribution in [-0.4, -0.2) is 80.4 Å². The lowest BCUT2D eigenvalue weighted by Gasteiger charge is -2.47. The highest BCUT2D eigenvalue weighted by atomic mass is 16.8. The molecule has 1 spiro atoms. The molecule has 0 bridgehead atoms. The lowest BCUT2D eigenvalue weighted by Crippen LogP contribution is -2.60. The topological polar surface area (TPSA) is 95.8 Å². The van der Waals surface area contributed by atoms with Gasteiger partial charge in [-0.1, -0.05) is 0 Å². The van der Waals surface area contributed by atoms with Gasteiger partial charge in [0.25, 0.3) is 0 Å². The van der Waals surface area contributed by atoms with Crippen molar-refractivity contribution < 1.29 is 38.6 Å². The number of methoxy groups -OCH3 is 3. The van der Waals surface area contributed by atoms with Crippen LogP contribution in [0.1, 0.15) is 25.7 Å². The Labute approximate surface area is 135 Å². The predicted octanol–water partition coefficient (Wildman–Crippen LogP) is -0.246. The van der Waals surface area contributed by atoms with Gasteiger partial charge in [-0.2, -0.15) is 0 Å². The van der Waals surface area contributed by atoms with E-state index in [0.717, 1.165) is 12.8 Å². The van der Waals surface area contributed by atoms with Gasteiger partial charge in [-0.3, -0.25) is 0 Å². The van der Waals surface area contributed by atoms with Crippen LogP contribution < -0.4 is 0 Å². The Kier molecular flexibility index (Phi) is 4.97. The van der Waals surface area contributed by atoms with E-state index in [-0.39, 0.29) is 6.61 Å². The van der Waals surface area contributed by atoms with E-state index in [4.69, 9.17) is 28.4 Å². The summed E-state index contributed by atoms with van der Waals surface area (Å²) < 4.78 is 34.6. The van der Waals surface area contributed by atoms with E-state index in [1.807, 2.05) is 0 Å². The molecule has 1 saturated carbocycles. The minimum Gasteiger partial charge on any atom is -0.394 e. The van der Waals surface area contributed by atoms with E-state index >= 15 is 0 Å². The average molecular weight is 334 g/mol. The van der Waals surface area contributed by atoms with Crippen molar-refractivity contribution in [2.75, 3.05) is 27.9 Å². The van der Waals surface area contributed by atoms with Crippen molar-refractivity contribution in [3.05, 3.63) is 0 Å². The van der Waals surface area contributed by atoms with Crippen molar-refractivity contribution in [3.63, 3.8) is 0 Å². The molecule has 2 aliphatic heterocycles. The Morgan fingerprint density at radius 1 is 1.04 bits per heavy atom. The van der Waals surface area contributed by atoms with Crippen molar-refractivity contribution in [1.82, 2.24) is 0 Å². The molecule has 0 aromatic rings. The minimum absolute atomic E-state index is 0.333. The Bertz CT molecular complexity index is 414. The summed E-state index contributed by atoms with van der Waals surface area (Å²) in [6.07, 6.45) is -0.843. The second-order valence-corrected chi connectivity index (χ2v) is 6.24. The standard InChI is InChI=1S/C15H26O8/c1-18-13-12-11(10(17)9(8-16)21-13)22-15(23-12)7-5-4-6-14(15,19-2)20-3/h9-13,16-17H,4-8H2,1-3H3/t9-,10-,11+,12+,13+,15-/m1/s1. The van der Waals surface area contributed by atoms with Crippen LogP contribution in [0.3, 0.4) is 0 Å². The molecule has 3 aliphatic rings. The summed E-state index contributed by atoms with van der Waals surface area (Å²) in [7, 11) is 4.61.